The summed E-state index contributed by atoms with van der Waals surface area (Å²) in [5, 5.41) is 0.610. The highest BCUT2D eigenvalue weighted by molar-refractivity contribution is 6.31. The van der Waals surface area contributed by atoms with Crippen LogP contribution in [0.4, 0.5) is 0 Å². The number of hydrogen-bond acceptors (Lipinski definition) is 2. The molecule has 0 bridgehead atoms. The van der Waals surface area contributed by atoms with E-state index in [-0.39, 0.29) is 5.54 Å². The summed E-state index contributed by atoms with van der Waals surface area (Å²) < 4.78 is 2.18. The van der Waals surface area contributed by atoms with Gasteiger partial charge in [-0.05, 0) is 26.3 Å². The van der Waals surface area contributed by atoms with E-state index in [2.05, 4.69) is 35.3 Å². The maximum atomic E-state index is 5.97. The van der Waals surface area contributed by atoms with Crippen molar-refractivity contribution < 1.29 is 0 Å². The van der Waals surface area contributed by atoms with E-state index in [1.807, 2.05) is 6.07 Å². The van der Waals surface area contributed by atoms with E-state index in [1.54, 1.807) is 6.20 Å². The SMILES string of the molecule is CCC(C)(C)n1c(CCCl)nc2cc(Cl)cnc21. The number of rotatable bonds is 4. The first-order valence-electron chi connectivity index (χ1n) is 6.09. The molecule has 0 aliphatic carbocycles. The quantitative estimate of drug-likeness (QED) is 0.795. The van der Waals surface area contributed by atoms with E-state index in [1.165, 1.54) is 0 Å². The van der Waals surface area contributed by atoms with Crippen LogP contribution in [0.1, 0.15) is 33.0 Å². The average Bonchev–Trinajstić information content (AvgIpc) is 2.67. The standard InChI is InChI=1S/C13H17Cl2N3/c1-4-13(2,3)18-11(5-6-14)17-10-7-9(15)8-16-12(10)18/h7-8H,4-6H2,1-3H3. The van der Waals surface area contributed by atoms with Crippen molar-refractivity contribution in [3.05, 3.63) is 23.1 Å². The van der Waals surface area contributed by atoms with Crippen LogP contribution in [0.15, 0.2) is 12.3 Å². The molecule has 3 nitrogen and oxygen atoms in total. The molecular weight excluding hydrogens is 269 g/mol. The van der Waals surface area contributed by atoms with Gasteiger partial charge in [-0.3, -0.25) is 0 Å². The predicted octanol–water partition coefficient (Wildman–Crippen LogP) is 4.01. The summed E-state index contributed by atoms with van der Waals surface area (Å²) in [5.74, 6) is 1.53. The maximum absolute atomic E-state index is 5.97. The Morgan fingerprint density at radius 2 is 2.11 bits per heavy atom. The normalized spacial score (nSPS) is 12.3. The largest absolute Gasteiger partial charge is 0.307 e. The molecule has 0 radical (unpaired) electrons. The number of halogens is 2. The van der Waals surface area contributed by atoms with Gasteiger partial charge in [0.05, 0.1) is 5.02 Å². The summed E-state index contributed by atoms with van der Waals surface area (Å²) in [5.41, 5.74) is 1.69. The van der Waals surface area contributed by atoms with Gasteiger partial charge in [0.15, 0.2) is 5.65 Å². The highest BCUT2D eigenvalue weighted by atomic mass is 35.5. The first kappa shape index (κ1) is 13.6. The molecule has 0 unspecified atom stereocenters. The minimum Gasteiger partial charge on any atom is -0.307 e. The summed E-state index contributed by atoms with van der Waals surface area (Å²) in [6, 6.07) is 1.85. The monoisotopic (exact) mass is 285 g/mol. The Balaban J connectivity index is 2.70. The van der Waals surface area contributed by atoms with E-state index in [0.717, 1.165) is 29.8 Å². The van der Waals surface area contributed by atoms with Crippen LogP contribution in [0.5, 0.6) is 0 Å². The summed E-state index contributed by atoms with van der Waals surface area (Å²) in [6.45, 7) is 6.52. The first-order valence-corrected chi connectivity index (χ1v) is 7.00. The molecule has 0 amide bonds. The van der Waals surface area contributed by atoms with E-state index < -0.39 is 0 Å². The molecule has 0 atom stereocenters. The molecule has 0 aliphatic heterocycles. The number of fused-ring (bicyclic) bond motifs is 1. The Bertz CT molecular complexity index is 561. The van der Waals surface area contributed by atoms with Gasteiger partial charge in [0.25, 0.3) is 0 Å². The molecule has 0 aliphatic rings. The zero-order valence-corrected chi connectivity index (χ0v) is 12.4. The lowest BCUT2D eigenvalue weighted by Gasteiger charge is -2.27. The molecule has 0 spiro atoms. The van der Waals surface area contributed by atoms with Gasteiger partial charge in [-0.25, -0.2) is 9.97 Å². The zero-order chi connectivity index (χ0) is 13.3. The number of hydrogen-bond donors (Lipinski definition) is 0. The van der Waals surface area contributed by atoms with Crippen LogP contribution in [0.25, 0.3) is 11.2 Å². The predicted molar refractivity (Wildman–Crippen MR) is 76.6 cm³/mol. The van der Waals surface area contributed by atoms with Gasteiger partial charge in [-0.1, -0.05) is 18.5 Å². The second-order valence-corrected chi connectivity index (χ2v) is 5.78. The van der Waals surface area contributed by atoms with Crippen LogP contribution in [0, 0.1) is 0 Å². The lowest BCUT2D eigenvalue weighted by molar-refractivity contribution is 0.340. The summed E-state index contributed by atoms with van der Waals surface area (Å²) in [4.78, 5) is 9.03. The minimum atomic E-state index is -0.0308. The zero-order valence-electron chi connectivity index (χ0n) is 10.9. The summed E-state index contributed by atoms with van der Waals surface area (Å²) in [6.07, 6.45) is 3.40. The van der Waals surface area contributed by atoms with Crippen LogP contribution < -0.4 is 0 Å². The van der Waals surface area contributed by atoms with Gasteiger partial charge in [0.1, 0.15) is 11.3 Å². The fourth-order valence-corrected chi connectivity index (χ4v) is 2.35. The third kappa shape index (κ3) is 2.34. The number of nitrogens with zero attached hydrogens (tertiary/aromatic N) is 3. The molecule has 0 aromatic carbocycles. The Hall–Kier alpha value is -0.800. The van der Waals surface area contributed by atoms with Crippen molar-refractivity contribution in [3.8, 4) is 0 Å². The summed E-state index contributed by atoms with van der Waals surface area (Å²) in [7, 11) is 0. The lowest BCUT2D eigenvalue weighted by atomic mass is 10.0. The third-order valence-corrected chi connectivity index (χ3v) is 3.72. The fraction of sp³-hybridized carbons (Fsp3) is 0.538. The van der Waals surface area contributed by atoms with Crippen LogP contribution in [0.2, 0.25) is 5.02 Å². The van der Waals surface area contributed by atoms with Crippen LogP contribution in [0.3, 0.4) is 0 Å². The maximum Gasteiger partial charge on any atom is 0.160 e. The molecule has 0 saturated heterocycles. The van der Waals surface area contributed by atoms with Crippen molar-refractivity contribution in [1.82, 2.24) is 14.5 Å². The number of pyridine rings is 1. The molecule has 2 heterocycles. The van der Waals surface area contributed by atoms with Crippen molar-refractivity contribution in [2.45, 2.75) is 39.2 Å². The Labute approximate surface area is 117 Å². The van der Waals surface area contributed by atoms with Crippen molar-refractivity contribution in [2.75, 3.05) is 5.88 Å². The minimum absolute atomic E-state index is 0.0308. The highest BCUT2D eigenvalue weighted by Crippen LogP contribution is 2.28. The number of alkyl halides is 1. The third-order valence-electron chi connectivity index (χ3n) is 3.32. The Morgan fingerprint density at radius 3 is 2.72 bits per heavy atom. The van der Waals surface area contributed by atoms with E-state index in [0.29, 0.717) is 10.9 Å². The first-order chi connectivity index (χ1) is 8.49. The fourth-order valence-electron chi connectivity index (χ4n) is 2.03. The molecular formula is C13H17Cl2N3. The van der Waals surface area contributed by atoms with Gasteiger partial charge < -0.3 is 4.57 Å². The average molecular weight is 286 g/mol. The molecule has 98 valence electrons. The molecule has 0 saturated carbocycles. The van der Waals surface area contributed by atoms with Gasteiger partial charge >= 0.3 is 0 Å². The van der Waals surface area contributed by atoms with Gasteiger partial charge in [-0.15, -0.1) is 11.6 Å². The van der Waals surface area contributed by atoms with Gasteiger partial charge in [0, 0.05) is 24.0 Å². The van der Waals surface area contributed by atoms with E-state index >= 15 is 0 Å². The molecule has 2 aromatic heterocycles. The second kappa shape index (κ2) is 5.06. The van der Waals surface area contributed by atoms with Crippen LogP contribution in [-0.2, 0) is 12.0 Å². The topological polar surface area (TPSA) is 30.7 Å². The molecule has 18 heavy (non-hydrogen) atoms. The van der Waals surface area contributed by atoms with Gasteiger partial charge in [0.2, 0.25) is 0 Å². The van der Waals surface area contributed by atoms with Gasteiger partial charge in [-0.2, -0.15) is 0 Å². The van der Waals surface area contributed by atoms with E-state index in [4.69, 9.17) is 23.2 Å². The number of aromatic nitrogens is 3. The van der Waals surface area contributed by atoms with Crippen LogP contribution in [-0.4, -0.2) is 20.4 Å². The highest BCUT2D eigenvalue weighted by Gasteiger charge is 2.24. The lowest BCUT2D eigenvalue weighted by Crippen LogP contribution is -2.27. The van der Waals surface area contributed by atoms with Crippen LogP contribution >= 0.6 is 23.2 Å². The van der Waals surface area contributed by atoms with Crippen molar-refractivity contribution >= 4 is 34.4 Å². The second-order valence-electron chi connectivity index (χ2n) is 4.96. The smallest absolute Gasteiger partial charge is 0.160 e. The Kier molecular flexibility index (Phi) is 3.83. The number of imidazole rings is 1. The van der Waals surface area contributed by atoms with Crippen molar-refractivity contribution in [3.63, 3.8) is 0 Å². The molecule has 2 aromatic rings. The molecule has 0 N–H and O–H groups in total. The molecule has 5 heteroatoms. The number of aryl methyl sites for hydroxylation is 1. The Morgan fingerprint density at radius 1 is 1.39 bits per heavy atom. The molecule has 0 fully saturated rings. The van der Waals surface area contributed by atoms with Crippen molar-refractivity contribution in [2.24, 2.45) is 0 Å². The molecule has 2 rings (SSSR count). The summed E-state index contributed by atoms with van der Waals surface area (Å²) >= 11 is 11.8. The van der Waals surface area contributed by atoms with Crippen molar-refractivity contribution in [1.29, 1.82) is 0 Å². The van der Waals surface area contributed by atoms with E-state index in [9.17, 15) is 0 Å².